The molecule has 2 rings (SSSR count). The number of rotatable bonds is 1. The van der Waals surface area contributed by atoms with Gasteiger partial charge in [-0.15, -0.1) is 17.3 Å². The molecule has 7 heteroatoms. The van der Waals surface area contributed by atoms with E-state index in [0.717, 1.165) is 0 Å². The maximum Gasteiger partial charge on any atom is 0.106 e. The molecule has 0 saturated carbocycles. The second-order valence-corrected chi connectivity index (χ2v) is 8.03. The zero-order valence-corrected chi connectivity index (χ0v) is 16.2. The molecule has 2 aliphatic rings. The number of alkyl halides is 2. The molecule has 2 saturated heterocycles. The van der Waals surface area contributed by atoms with Crippen molar-refractivity contribution in [3.05, 3.63) is 16.8 Å². The van der Waals surface area contributed by atoms with E-state index < -0.39 is 18.3 Å². The fourth-order valence-corrected chi connectivity index (χ4v) is 3.97. The Morgan fingerprint density at radius 1 is 1.18 bits per heavy atom. The summed E-state index contributed by atoms with van der Waals surface area (Å²) in [5, 5.41) is 20.4. The number of hydrogen-bond donors (Lipinski definition) is 2. The Balaban J connectivity index is 2.24. The van der Waals surface area contributed by atoms with Gasteiger partial charge in [0.25, 0.3) is 0 Å². The van der Waals surface area contributed by atoms with Gasteiger partial charge in [0.15, 0.2) is 0 Å². The van der Waals surface area contributed by atoms with Crippen molar-refractivity contribution in [2.45, 2.75) is 73.0 Å². The van der Waals surface area contributed by atoms with E-state index in [9.17, 15) is 10.2 Å². The van der Waals surface area contributed by atoms with Crippen LogP contribution in [0.4, 0.5) is 0 Å². The van der Waals surface area contributed by atoms with Crippen molar-refractivity contribution in [3.63, 3.8) is 0 Å². The van der Waals surface area contributed by atoms with Crippen molar-refractivity contribution < 1.29 is 19.7 Å². The lowest BCUT2D eigenvalue weighted by atomic mass is 9.93. The molecule has 2 bridgehead atoms. The number of fused-ring (bicyclic) bond motifs is 2. The van der Waals surface area contributed by atoms with Crippen LogP contribution in [-0.2, 0) is 9.47 Å². The van der Waals surface area contributed by atoms with E-state index in [2.05, 4.69) is 37.6 Å². The largest absolute Gasteiger partial charge is 0.392 e. The molecule has 0 spiro atoms. The van der Waals surface area contributed by atoms with Crippen LogP contribution in [0.5, 0.6) is 0 Å². The Labute approximate surface area is 152 Å². The molecule has 2 heterocycles. The third-order valence-electron chi connectivity index (χ3n) is 4.16. The van der Waals surface area contributed by atoms with Gasteiger partial charge in [-0.3, -0.25) is 0 Å². The quantitative estimate of drug-likeness (QED) is 0.467. The number of ether oxygens (including phenoxy) is 2. The first kappa shape index (κ1) is 18.9. The average Bonchev–Trinajstić information content (AvgIpc) is 2.47. The van der Waals surface area contributed by atoms with Crippen LogP contribution in [0.25, 0.3) is 0 Å². The van der Waals surface area contributed by atoms with Crippen molar-refractivity contribution in [1.82, 2.24) is 0 Å². The van der Waals surface area contributed by atoms with E-state index >= 15 is 0 Å². The maximum atomic E-state index is 10.5. The Bertz CT molecular complexity index is 430. The van der Waals surface area contributed by atoms with Crippen LogP contribution in [0.1, 0.15) is 26.2 Å². The normalized spacial score (nSPS) is 46.5. The van der Waals surface area contributed by atoms with E-state index in [-0.39, 0.29) is 28.5 Å². The molecule has 2 aliphatic heterocycles. The second-order valence-electron chi connectivity index (χ2n) is 5.83. The molecule has 0 aromatic carbocycles. The summed E-state index contributed by atoms with van der Waals surface area (Å²) < 4.78 is 12.0. The lowest BCUT2D eigenvalue weighted by Gasteiger charge is -2.41. The minimum absolute atomic E-state index is 0.159. The van der Waals surface area contributed by atoms with Gasteiger partial charge >= 0.3 is 0 Å². The van der Waals surface area contributed by atoms with Crippen LogP contribution in [0.2, 0.25) is 0 Å². The van der Waals surface area contributed by atoms with Crippen molar-refractivity contribution in [2.75, 3.05) is 0 Å². The topological polar surface area (TPSA) is 58.9 Å². The standard InChI is InChI=1S/C15H21Br2ClO4/c1-8-15(20)14-6-10(17)12(19)7-11(18)13(22-14)5-9(21-8)3-2-4-16/h3-4,8-15,19-20H,5-7H2,1H3/t2?,8-,9+,10-,11+,12+,13+,14+,15-/m0/s1. The number of aliphatic hydroxyl groups is 2. The average molecular weight is 461 g/mol. The molecular weight excluding hydrogens is 439 g/mol. The monoisotopic (exact) mass is 458 g/mol. The van der Waals surface area contributed by atoms with Crippen molar-refractivity contribution in [2.24, 2.45) is 0 Å². The summed E-state index contributed by atoms with van der Waals surface area (Å²) in [5.41, 5.74) is 2.94. The van der Waals surface area contributed by atoms with E-state index in [1.807, 2.05) is 6.92 Å². The summed E-state index contributed by atoms with van der Waals surface area (Å²) in [6, 6.07) is 0. The van der Waals surface area contributed by atoms with Gasteiger partial charge in [-0.05, 0) is 25.8 Å². The fraction of sp³-hybridized carbons (Fsp3) is 0.800. The van der Waals surface area contributed by atoms with Gasteiger partial charge in [0.2, 0.25) is 0 Å². The Hall–Kier alpha value is 0.610. The molecule has 0 amide bonds. The van der Waals surface area contributed by atoms with E-state index in [1.165, 1.54) is 0 Å². The number of halogens is 3. The lowest BCUT2D eigenvalue weighted by Crippen LogP contribution is -2.51. The third kappa shape index (κ3) is 4.81. The highest BCUT2D eigenvalue weighted by molar-refractivity contribution is 9.11. The SMILES string of the molecule is C[C@@H]1O[C@H](C=C=CBr)C[C@H]2O[C@H](C[C@H](Br)[C@H](O)C[C@H]2Cl)[C@H]1O. The molecule has 2 N–H and O–H groups in total. The van der Waals surface area contributed by atoms with E-state index in [4.69, 9.17) is 21.1 Å². The molecule has 0 aliphatic carbocycles. The number of aliphatic hydroxyl groups excluding tert-OH is 2. The van der Waals surface area contributed by atoms with Crippen LogP contribution in [0.3, 0.4) is 0 Å². The highest BCUT2D eigenvalue weighted by Gasteiger charge is 2.41. The van der Waals surface area contributed by atoms with E-state index in [0.29, 0.717) is 19.3 Å². The van der Waals surface area contributed by atoms with Crippen LogP contribution >= 0.6 is 43.5 Å². The maximum absolute atomic E-state index is 10.5. The molecule has 4 nitrogen and oxygen atoms in total. The molecule has 0 aromatic heterocycles. The number of hydrogen-bond acceptors (Lipinski definition) is 4. The summed E-state index contributed by atoms with van der Waals surface area (Å²) in [4.78, 5) is 1.46. The summed E-state index contributed by atoms with van der Waals surface area (Å²) in [6.45, 7) is 1.82. The van der Waals surface area contributed by atoms with Crippen LogP contribution < -0.4 is 0 Å². The second kappa shape index (κ2) is 8.63. The van der Waals surface area contributed by atoms with Crippen LogP contribution in [0, 0.1) is 0 Å². The zero-order chi connectivity index (χ0) is 16.3. The van der Waals surface area contributed by atoms with Crippen molar-refractivity contribution in [3.8, 4) is 0 Å². The molecule has 22 heavy (non-hydrogen) atoms. The first-order valence-corrected chi connectivity index (χ1v) is 9.65. The first-order chi connectivity index (χ1) is 10.4. The molecule has 8 atom stereocenters. The van der Waals surface area contributed by atoms with Gasteiger partial charge in [0.05, 0.1) is 35.9 Å². The predicted octanol–water partition coefficient (Wildman–Crippen LogP) is 2.87. The Kier molecular flexibility index (Phi) is 7.43. The predicted molar refractivity (Wildman–Crippen MR) is 92.8 cm³/mol. The first-order valence-electron chi connectivity index (χ1n) is 7.38. The molecule has 126 valence electrons. The minimum atomic E-state index is -0.777. The van der Waals surface area contributed by atoms with Crippen LogP contribution in [0.15, 0.2) is 16.8 Å². The highest BCUT2D eigenvalue weighted by atomic mass is 79.9. The fourth-order valence-electron chi connectivity index (χ4n) is 2.89. The smallest absolute Gasteiger partial charge is 0.106 e. The zero-order valence-electron chi connectivity index (χ0n) is 12.2. The van der Waals surface area contributed by atoms with Gasteiger partial charge in [-0.2, -0.15) is 0 Å². The Morgan fingerprint density at radius 3 is 2.59 bits per heavy atom. The summed E-state index contributed by atoms with van der Waals surface area (Å²) in [6.07, 6.45) is 0.624. The molecule has 2 fully saturated rings. The summed E-state index contributed by atoms with van der Waals surface area (Å²) in [5.74, 6) is 0. The van der Waals surface area contributed by atoms with Gasteiger partial charge < -0.3 is 19.7 Å². The molecular formula is C15H21Br2ClO4. The third-order valence-corrected chi connectivity index (χ3v) is 5.86. The van der Waals surface area contributed by atoms with Crippen LogP contribution in [-0.4, -0.2) is 57.0 Å². The van der Waals surface area contributed by atoms with Crippen molar-refractivity contribution >= 4 is 43.5 Å². The van der Waals surface area contributed by atoms with Crippen molar-refractivity contribution in [1.29, 1.82) is 0 Å². The molecule has 0 unspecified atom stereocenters. The summed E-state index contributed by atoms with van der Waals surface area (Å²) in [7, 11) is 0. The van der Waals surface area contributed by atoms with Gasteiger partial charge in [0, 0.05) is 16.2 Å². The Morgan fingerprint density at radius 2 is 1.91 bits per heavy atom. The van der Waals surface area contributed by atoms with Gasteiger partial charge in [0.1, 0.15) is 6.10 Å². The molecule has 0 aromatic rings. The molecule has 0 radical (unpaired) electrons. The summed E-state index contributed by atoms with van der Waals surface area (Å²) >= 11 is 13.1. The minimum Gasteiger partial charge on any atom is -0.392 e. The highest BCUT2D eigenvalue weighted by Crippen LogP contribution is 2.33. The van der Waals surface area contributed by atoms with E-state index in [1.54, 1.807) is 11.1 Å². The van der Waals surface area contributed by atoms with Gasteiger partial charge in [-0.1, -0.05) is 31.9 Å². The van der Waals surface area contributed by atoms with Gasteiger partial charge in [-0.25, -0.2) is 0 Å². The lowest BCUT2D eigenvalue weighted by molar-refractivity contribution is -0.175.